The molecule has 0 radical (unpaired) electrons. The number of hydrogen-bond acceptors (Lipinski definition) is 5. The van der Waals surface area contributed by atoms with Gasteiger partial charge in [-0.05, 0) is 43.3 Å². The second-order valence-electron chi connectivity index (χ2n) is 6.04. The molecule has 0 saturated heterocycles. The van der Waals surface area contributed by atoms with Gasteiger partial charge in [0.25, 0.3) is 10.0 Å². The number of carboxylic acids is 1. The molecule has 0 aliphatic carbocycles. The summed E-state index contributed by atoms with van der Waals surface area (Å²) in [4.78, 5) is 11.3. The van der Waals surface area contributed by atoms with Crippen LogP contribution >= 0.6 is 11.6 Å². The van der Waals surface area contributed by atoms with Crippen molar-refractivity contribution < 1.29 is 22.7 Å². The molecular formula is C19H17ClN2O5S. The standard InChI is InChI=1S/C19H17ClN2O5S/c1-12-4-6-13(7-5-12)22-28(25,26)18-9-15(19(23)24)17(10-16(18)20)21-11-14-3-2-8-27-14/h2-10,21-22H,11H2,1H3,(H,23,24). The summed E-state index contributed by atoms with van der Waals surface area (Å²) < 4.78 is 33.0. The lowest BCUT2D eigenvalue weighted by molar-refractivity contribution is 0.0697. The SMILES string of the molecule is Cc1ccc(NS(=O)(=O)c2cc(C(=O)O)c(NCc3ccco3)cc2Cl)cc1. The van der Waals surface area contributed by atoms with Gasteiger partial charge in [-0.2, -0.15) is 0 Å². The smallest absolute Gasteiger partial charge is 0.337 e. The maximum absolute atomic E-state index is 12.7. The maximum Gasteiger partial charge on any atom is 0.337 e. The van der Waals surface area contributed by atoms with Crippen molar-refractivity contribution >= 4 is 39.0 Å². The first-order valence-corrected chi connectivity index (χ1v) is 10.0. The van der Waals surface area contributed by atoms with Crippen LogP contribution in [0.15, 0.2) is 64.1 Å². The number of sulfonamides is 1. The first kappa shape index (κ1) is 19.8. The minimum Gasteiger partial charge on any atom is -0.478 e. The highest BCUT2D eigenvalue weighted by Gasteiger charge is 2.23. The molecule has 3 aromatic rings. The summed E-state index contributed by atoms with van der Waals surface area (Å²) in [7, 11) is -4.08. The Hall–Kier alpha value is -2.97. The number of furan rings is 1. The van der Waals surface area contributed by atoms with E-state index in [9.17, 15) is 18.3 Å². The molecule has 3 rings (SSSR count). The van der Waals surface area contributed by atoms with Crippen LogP contribution in [0.25, 0.3) is 0 Å². The lowest BCUT2D eigenvalue weighted by atomic mass is 10.1. The molecule has 0 unspecified atom stereocenters. The monoisotopic (exact) mass is 420 g/mol. The molecule has 0 amide bonds. The molecule has 0 aliphatic rings. The molecule has 0 atom stereocenters. The van der Waals surface area contributed by atoms with Gasteiger partial charge in [-0.15, -0.1) is 0 Å². The summed E-state index contributed by atoms with van der Waals surface area (Å²) in [5.41, 5.74) is 1.28. The molecule has 0 aliphatic heterocycles. The fourth-order valence-electron chi connectivity index (χ4n) is 2.51. The van der Waals surface area contributed by atoms with E-state index in [4.69, 9.17) is 16.0 Å². The summed E-state index contributed by atoms with van der Waals surface area (Å²) in [5.74, 6) is -0.699. The summed E-state index contributed by atoms with van der Waals surface area (Å²) in [6, 6.07) is 12.5. The van der Waals surface area contributed by atoms with Crippen molar-refractivity contribution in [3.05, 3.63) is 76.7 Å². The zero-order valence-electron chi connectivity index (χ0n) is 14.8. The van der Waals surface area contributed by atoms with Gasteiger partial charge in [0.2, 0.25) is 0 Å². The van der Waals surface area contributed by atoms with Gasteiger partial charge >= 0.3 is 5.97 Å². The van der Waals surface area contributed by atoms with Crippen molar-refractivity contribution in [3.63, 3.8) is 0 Å². The molecule has 0 saturated carbocycles. The van der Waals surface area contributed by atoms with E-state index in [0.717, 1.165) is 11.6 Å². The molecule has 0 bridgehead atoms. The van der Waals surface area contributed by atoms with Gasteiger partial charge in [-0.3, -0.25) is 4.72 Å². The highest BCUT2D eigenvalue weighted by atomic mass is 35.5. The average Bonchev–Trinajstić information content (AvgIpc) is 3.15. The van der Waals surface area contributed by atoms with Gasteiger partial charge in [0.1, 0.15) is 10.7 Å². The number of carbonyl (C=O) groups is 1. The lowest BCUT2D eigenvalue weighted by Gasteiger charge is -2.14. The highest BCUT2D eigenvalue weighted by molar-refractivity contribution is 7.92. The van der Waals surface area contributed by atoms with Crippen LogP contribution in [0.5, 0.6) is 0 Å². The number of carboxylic acid groups (broad SMARTS) is 1. The normalized spacial score (nSPS) is 11.2. The Morgan fingerprint density at radius 2 is 1.89 bits per heavy atom. The number of anilines is 2. The van der Waals surface area contributed by atoms with Crippen molar-refractivity contribution in [1.29, 1.82) is 0 Å². The number of aromatic carboxylic acids is 1. The third-order valence-electron chi connectivity index (χ3n) is 3.93. The van der Waals surface area contributed by atoms with Crippen LogP contribution in [0.2, 0.25) is 5.02 Å². The van der Waals surface area contributed by atoms with Crippen LogP contribution < -0.4 is 10.0 Å². The van der Waals surface area contributed by atoms with E-state index in [1.807, 2.05) is 6.92 Å². The summed E-state index contributed by atoms with van der Waals surface area (Å²) in [6.07, 6.45) is 1.49. The minimum atomic E-state index is -4.08. The van der Waals surface area contributed by atoms with Crippen molar-refractivity contribution in [2.45, 2.75) is 18.4 Å². The zero-order chi connectivity index (χ0) is 20.3. The Labute approximate surface area is 167 Å². The number of benzene rings is 2. The fraction of sp³-hybridized carbons (Fsp3) is 0.105. The first-order valence-electron chi connectivity index (χ1n) is 8.19. The Balaban J connectivity index is 1.93. The number of hydrogen-bond donors (Lipinski definition) is 3. The number of rotatable bonds is 7. The van der Waals surface area contributed by atoms with E-state index in [2.05, 4.69) is 10.0 Å². The van der Waals surface area contributed by atoms with Crippen molar-refractivity contribution in [2.75, 3.05) is 10.0 Å². The first-order chi connectivity index (χ1) is 13.3. The van der Waals surface area contributed by atoms with Gasteiger partial charge in [-0.25, -0.2) is 13.2 Å². The molecule has 146 valence electrons. The van der Waals surface area contributed by atoms with E-state index in [1.165, 1.54) is 12.3 Å². The molecular weight excluding hydrogens is 404 g/mol. The van der Waals surface area contributed by atoms with Gasteiger partial charge in [0, 0.05) is 5.69 Å². The van der Waals surface area contributed by atoms with Crippen LogP contribution in [0.3, 0.4) is 0 Å². The molecule has 7 nitrogen and oxygen atoms in total. The number of nitrogens with one attached hydrogen (secondary N) is 2. The predicted molar refractivity (Wildman–Crippen MR) is 106 cm³/mol. The molecule has 1 aromatic heterocycles. The fourth-order valence-corrected chi connectivity index (χ4v) is 4.12. The van der Waals surface area contributed by atoms with Crippen LogP contribution in [0, 0.1) is 6.92 Å². The van der Waals surface area contributed by atoms with Crippen molar-refractivity contribution in [1.82, 2.24) is 0 Å². The number of aryl methyl sites for hydroxylation is 1. The maximum atomic E-state index is 12.7. The van der Waals surface area contributed by atoms with E-state index in [0.29, 0.717) is 11.4 Å². The molecule has 3 N–H and O–H groups in total. The minimum absolute atomic E-state index is 0.105. The van der Waals surface area contributed by atoms with Gasteiger partial charge in [0.05, 0.1) is 29.1 Å². The van der Waals surface area contributed by atoms with Gasteiger partial charge < -0.3 is 14.8 Å². The third-order valence-corrected chi connectivity index (χ3v) is 5.77. The molecule has 2 aromatic carbocycles. The Morgan fingerprint density at radius 1 is 1.18 bits per heavy atom. The second-order valence-corrected chi connectivity index (χ2v) is 8.10. The topological polar surface area (TPSA) is 109 Å². The zero-order valence-corrected chi connectivity index (χ0v) is 16.3. The molecule has 28 heavy (non-hydrogen) atoms. The summed E-state index contributed by atoms with van der Waals surface area (Å²) in [5, 5.41) is 12.3. The molecule has 0 spiro atoms. The van der Waals surface area contributed by atoms with Gasteiger partial charge in [-0.1, -0.05) is 29.3 Å². The summed E-state index contributed by atoms with van der Waals surface area (Å²) >= 11 is 6.17. The van der Waals surface area contributed by atoms with Crippen LogP contribution in [0.4, 0.5) is 11.4 Å². The van der Waals surface area contributed by atoms with Crippen molar-refractivity contribution in [3.8, 4) is 0 Å². The lowest BCUT2D eigenvalue weighted by Crippen LogP contribution is -2.15. The highest BCUT2D eigenvalue weighted by Crippen LogP contribution is 2.30. The second kappa shape index (κ2) is 7.95. The molecule has 1 heterocycles. The van der Waals surface area contributed by atoms with E-state index in [1.54, 1.807) is 36.4 Å². The molecule has 9 heteroatoms. The van der Waals surface area contributed by atoms with Crippen LogP contribution in [-0.2, 0) is 16.6 Å². The Morgan fingerprint density at radius 3 is 2.50 bits per heavy atom. The van der Waals surface area contributed by atoms with Crippen molar-refractivity contribution in [2.24, 2.45) is 0 Å². The largest absolute Gasteiger partial charge is 0.478 e. The van der Waals surface area contributed by atoms with Crippen LogP contribution in [0.1, 0.15) is 21.7 Å². The predicted octanol–water partition coefficient (Wildman–Crippen LogP) is 4.35. The van der Waals surface area contributed by atoms with Gasteiger partial charge in [0.15, 0.2) is 0 Å². The quantitative estimate of drug-likeness (QED) is 0.524. The summed E-state index contributed by atoms with van der Waals surface area (Å²) in [6.45, 7) is 2.10. The molecule has 0 fully saturated rings. The Bertz CT molecular complexity index is 1090. The van der Waals surface area contributed by atoms with E-state index >= 15 is 0 Å². The van der Waals surface area contributed by atoms with Crippen LogP contribution in [-0.4, -0.2) is 19.5 Å². The van der Waals surface area contributed by atoms with E-state index in [-0.39, 0.29) is 27.7 Å². The van der Waals surface area contributed by atoms with E-state index < -0.39 is 16.0 Å². The average molecular weight is 421 g/mol. The number of halogens is 1. The Kier molecular flexibility index (Phi) is 5.62. The third kappa shape index (κ3) is 4.47.